The Kier molecular flexibility index (Phi) is 7.68. The number of ether oxygens (including phenoxy) is 1. The average Bonchev–Trinajstić information content (AvgIpc) is 2.98. The SMILES string of the molecule is C#CCC(NC(=O)OCC1c2ccccc2-c2ccccc21)C(=O)N1CCCN(CC(=O)O)CC1. The number of terminal acetylenes is 1. The van der Waals surface area contributed by atoms with Crippen LogP contribution in [0.25, 0.3) is 11.1 Å². The van der Waals surface area contributed by atoms with Crippen LogP contribution in [0.15, 0.2) is 48.5 Å². The predicted molar refractivity (Wildman–Crippen MR) is 131 cm³/mol. The number of aliphatic carboxylic acids is 1. The van der Waals surface area contributed by atoms with E-state index in [0.717, 1.165) is 22.3 Å². The van der Waals surface area contributed by atoms with Gasteiger partial charge < -0.3 is 20.1 Å². The largest absolute Gasteiger partial charge is 0.480 e. The summed E-state index contributed by atoms with van der Waals surface area (Å²) in [6, 6.07) is 15.2. The fourth-order valence-corrected chi connectivity index (χ4v) is 4.86. The van der Waals surface area contributed by atoms with E-state index in [1.165, 1.54) is 0 Å². The van der Waals surface area contributed by atoms with Crippen LogP contribution in [0.5, 0.6) is 0 Å². The van der Waals surface area contributed by atoms with Crippen molar-refractivity contribution in [1.82, 2.24) is 15.1 Å². The molecule has 1 unspecified atom stereocenters. The Morgan fingerprint density at radius 2 is 1.69 bits per heavy atom. The third kappa shape index (κ3) is 5.64. The van der Waals surface area contributed by atoms with Crippen molar-refractivity contribution in [2.45, 2.75) is 24.8 Å². The lowest BCUT2D eigenvalue weighted by Gasteiger charge is -2.26. The number of hydrogen-bond acceptors (Lipinski definition) is 5. The first-order chi connectivity index (χ1) is 17.0. The molecule has 1 aliphatic carbocycles. The molecule has 2 aromatic carbocycles. The monoisotopic (exact) mass is 475 g/mol. The van der Waals surface area contributed by atoms with Crippen LogP contribution in [-0.4, -0.2) is 78.2 Å². The van der Waals surface area contributed by atoms with Crippen LogP contribution in [0.1, 0.15) is 29.9 Å². The Labute approximate surface area is 204 Å². The van der Waals surface area contributed by atoms with Gasteiger partial charge in [-0.25, -0.2) is 4.79 Å². The standard InChI is InChI=1S/C27H29N3O5/c1-2-8-24(26(33)30-14-7-13-29(15-16-30)17-25(31)32)28-27(34)35-18-23-21-11-5-3-9-19(21)20-10-4-6-12-22(20)23/h1,3-6,9-12,23-24H,7-8,13-18H2,(H,28,34)(H,31,32). The van der Waals surface area contributed by atoms with E-state index in [2.05, 4.69) is 23.4 Å². The van der Waals surface area contributed by atoms with Crippen LogP contribution < -0.4 is 5.32 Å². The van der Waals surface area contributed by atoms with Gasteiger partial charge in [0.2, 0.25) is 5.91 Å². The topological polar surface area (TPSA) is 99.2 Å². The van der Waals surface area contributed by atoms with E-state index >= 15 is 0 Å². The molecule has 1 fully saturated rings. The first kappa shape index (κ1) is 24.3. The van der Waals surface area contributed by atoms with E-state index in [1.807, 2.05) is 36.4 Å². The average molecular weight is 476 g/mol. The number of carboxylic acid groups (broad SMARTS) is 1. The number of carbonyl (C=O) groups is 3. The van der Waals surface area contributed by atoms with Gasteiger partial charge in [-0.1, -0.05) is 48.5 Å². The number of nitrogens with one attached hydrogen (secondary N) is 1. The van der Waals surface area contributed by atoms with Crippen molar-refractivity contribution >= 4 is 18.0 Å². The van der Waals surface area contributed by atoms with Gasteiger partial charge in [0.15, 0.2) is 0 Å². The third-order valence-electron chi connectivity index (χ3n) is 6.51. The molecule has 1 atom stereocenters. The van der Waals surface area contributed by atoms with E-state index in [1.54, 1.807) is 9.80 Å². The molecule has 0 saturated carbocycles. The minimum atomic E-state index is -0.901. The highest BCUT2D eigenvalue weighted by molar-refractivity contribution is 5.86. The summed E-state index contributed by atoms with van der Waals surface area (Å²) in [7, 11) is 0. The molecule has 2 aliphatic rings. The second-order valence-corrected chi connectivity index (χ2v) is 8.78. The van der Waals surface area contributed by atoms with Gasteiger partial charge in [-0.05, 0) is 28.7 Å². The third-order valence-corrected chi connectivity index (χ3v) is 6.51. The van der Waals surface area contributed by atoms with Crippen LogP contribution in [-0.2, 0) is 14.3 Å². The molecular formula is C27H29N3O5. The molecule has 1 heterocycles. The summed E-state index contributed by atoms with van der Waals surface area (Å²) in [5.74, 6) is 1.20. The Morgan fingerprint density at radius 3 is 2.31 bits per heavy atom. The lowest BCUT2D eigenvalue weighted by molar-refractivity contribution is -0.138. The second-order valence-electron chi connectivity index (χ2n) is 8.78. The molecule has 8 heteroatoms. The highest BCUT2D eigenvalue weighted by atomic mass is 16.5. The number of alkyl carbamates (subject to hydrolysis) is 1. The van der Waals surface area contributed by atoms with Crippen LogP contribution in [0.4, 0.5) is 4.79 Å². The molecular weight excluding hydrogens is 446 g/mol. The van der Waals surface area contributed by atoms with Crippen molar-refractivity contribution in [3.63, 3.8) is 0 Å². The van der Waals surface area contributed by atoms with Gasteiger partial charge in [-0.2, -0.15) is 0 Å². The first-order valence-corrected chi connectivity index (χ1v) is 11.8. The molecule has 0 spiro atoms. The first-order valence-electron chi connectivity index (χ1n) is 11.8. The quantitative estimate of drug-likeness (QED) is 0.597. The molecule has 4 rings (SSSR count). The van der Waals surface area contributed by atoms with Gasteiger partial charge in [-0.15, -0.1) is 12.3 Å². The highest BCUT2D eigenvalue weighted by Gasteiger charge is 2.31. The fraction of sp³-hybridized carbons (Fsp3) is 0.370. The van der Waals surface area contributed by atoms with Crippen LogP contribution in [0.3, 0.4) is 0 Å². The van der Waals surface area contributed by atoms with Crippen LogP contribution in [0.2, 0.25) is 0 Å². The van der Waals surface area contributed by atoms with Crippen LogP contribution >= 0.6 is 0 Å². The van der Waals surface area contributed by atoms with E-state index in [4.69, 9.17) is 16.3 Å². The van der Waals surface area contributed by atoms with Crippen molar-refractivity contribution in [3.8, 4) is 23.5 Å². The zero-order valence-corrected chi connectivity index (χ0v) is 19.5. The Morgan fingerprint density at radius 1 is 1.03 bits per heavy atom. The maximum absolute atomic E-state index is 13.1. The number of carbonyl (C=O) groups excluding carboxylic acids is 2. The van der Waals surface area contributed by atoms with Crippen molar-refractivity contribution < 1.29 is 24.2 Å². The molecule has 0 radical (unpaired) electrons. The molecule has 35 heavy (non-hydrogen) atoms. The Hall–Kier alpha value is -3.83. The fourth-order valence-electron chi connectivity index (χ4n) is 4.86. The van der Waals surface area contributed by atoms with Crippen LogP contribution in [0, 0.1) is 12.3 Å². The number of fused-ring (bicyclic) bond motifs is 3. The molecule has 1 saturated heterocycles. The van der Waals surface area contributed by atoms with Gasteiger partial charge in [0, 0.05) is 38.5 Å². The van der Waals surface area contributed by atoms with E-state index in [9.17, 15) is 14.4 Å². The molecule has 2 N–H and O–H groups in total. The number of nitrogens with zero attached hydrogens (tertiary/aromatic N) is 2. The molecule has 182 valence electrons. The summed E-state index contributed by atoms with van der Waals surface area (Å²) < 4.78 is 5.58. The predicted octanol–water partition coefficient (Wildman–Crippen LogP) is 2.54. The summed E-state index contributed by atoms with van der Waals surface area (Å²) in [6.45, 7) is 1.97. The van der Waals surface area contributed by atoms with Crippen molar-refractivity contribution in [2.24, 2.45) is 0 Å². The summed E-state index contributed by atoms with van der Waals surface area (Å²) in [6.07, 6.45) is 5.47. The normalized spacial score (nSPS) is 16.4. The van der Waals surface area contributed by atoms with Gasteiger partial charge in [0.25, 0.3) is 0 Å². The molecule has 2 amide bonds. The number of hydrogen-bond donors (Lipinski definition) is 2. The van der Waals surface area contributed by atoms with Crippen molar-refractivity contribution in [2.75, 3.05) is 39.3 Å². The summed E-state index contributed by atoms with van der Waals surface area (Å²) in [5, 5.41) is 11.7. The lowest BCUT2D eigenvalue weighted by atomic mass is 9.98. The molecule has 8 nitrogen and oxygen atoms in total. The summed E-state index contributed by atoms with van der Waals surface area (Å²) in [4.78, 5) is 40.2. The van der Waals surface area contributed by atoms with E-state index in [0.29, 0.717) is 32.6 Å². The van der Waals surface area contributed by atoms with Gasteiger partial charge in [0.1, 0.15) is 12.6 Å². The molecule has 0 aromatic heterocycles. The highest BCUT2D eigenvalue weighted by Crippen LogP contribution is 2.44. The maximum atomic E-state index is 13.1. The van der Waals surface area contributed by atoms with Crippen molar-refractivity contribution in [3.05, 3.63) is 59.7 Å². The summed E-state index contributed by atoms with van der Waals surface area (Å²) >= 11 is 0. The second kappa shape index (κ2) is 11.1. The smallest absolute Gasteiger partial charge is 0.407 e. The Bertz CT molecular complexity index is 1100. The number of carboxylic acids is 1. The Balaban J connectivity index is 1.37. The number of benzene rings is 2. The zero-order valence-electron chi connectivity index (χ0n) is 19.5. The lowest BCUT2D eigenvalue weighted by Crippen LogP contribution is -2.49. The molecule has 2 aromatic rings. The van der Waals surface area contributed by atoms with Gasteiger partial charge >= 0.3 is 12.1 Å². The summed E-state index contributed by atoms with van der Waals surface area (Å²) in [5.41, 5.74) is 4.48. The van der Waals surface area contributed by atoms with Gasteiger partial charge in [0.05, 0.1) is 6.54 Å². The maximum Gasteiger partial charge on any atom is 0.407 e. The molecule has 0 bridgehead atoms. The van der Waals surface area contributed by atoms with E-state index < -0.39 is 18.1 Å². The van der Waals surface area contributed by atoms with Crippen molar-refractivity contribution in [1.29, 1.82) is 0 Å². The minimum absolute atomic E-state index is 0.0400. The minimum Gasteiger partial charge on any atom is -0.480 e. The molecule has 1 aliphatic heterocycles. The van der Waals surface area contributed by atoms with Gasteiger partial charge in [-0.3, -0.25) is 14.5 Å². The van der Waals surface area contributed by atoms with E-state index in [-0.39, 0.29) is 31.4 Å². The number of rotatable bonds is 7. The number of amides is 2. The zero-order chi connectivity index (χ0) is 24.8.